The summed E-state index contributed by atoms with van der Waals surface area (Å²) in [6, 6.07) is 7.16. The molecule has 2 amide bonds. The van der Waals surface area contributed by atoms with Gasteiger partial charge < -0.3 is 15.3 Å². The Labute approximate surface area is 123 Å². The van der Waals surface area contributed by atoms with Crippen molar-refractivity contribution in [1.82, 2.24) is 10.2 Å². The van der Waals surface area contributed by atoms with Crippen molar-refractivity contribution in [2.75, 3.05) is 31.6 Å². The average molecular weight is 289 g/mol. The summed E-state index contributed by atoms with van der Waals surface area (Å²) in [5.41, 5.74) is 1.41. The Balaban J connectivity index is 1.77. The largest absolute Gasteiger partial charge is 0.481 e. The number of rotatable bonds is 2. The molecule has 0 saturated carbocycles. The van der Waals surface area contributed by atoms with Gasteiger partial charge in [-0.25, -0.2) is 4.79 Å². The van der Waals surface area contributed by atoms with Gasteiger partial charge in [0.05, 0.1) is 0 Å². The van der Waals surface area contributed by atoms with Crippen LogP contribution in [0.5, 0.6) is 0 Å². The Morgan fingerprint density at radius 2 is 2.05 bits per heavy atom. The second kappa shape index (κ2) is 5.37. The standard InChI is InChI=1S/C15H19N3O3/c1-17-7-6-10(8-17)16-15(21)18-9-12(14(19)20)11-4-2-3-5-13(11)18/h2-5,10,12H,6-9H2,1H3,(H,16,21)(H,19,20). The molecule has 0 radical (unpaired) electrons. The van der Waals surface area contributed by atoms with Crippen molar-refractivity contribution in [3.05, 3.63) is 29.8 Å². The number of amides is 2. The van der Waals surface area contributed by atoms with Crippen LogP contribution >= 0.6 is 0 Å². The van der Waals surface area contributed by atoms with E-state index in [9.17, 15) is 14.7 Å². The fourth-order valence-corrected chi connectivity index (χ4v) is 3.12. The fraction of sp³-hybridized carbons (Fsp3) is 0.467. The highest BCUT2D eigenvalue weighted by molar-refractivity contribution is 5.98. The minimum absolute atomic E-state index is 0.138. The Hall–Kier alpha value is -2.08. The third-order valence-corrected chi connectivity index (χ3v) is 4.23. The number of likely N-dealkylation sites (tertiary alicyclic amines) is 1. The summed E-state index contributed by atoms with van der Waals surface area (Å²) < 4.78 is 0. The van der Waals surface area contributed by atoms with Gasteiger partial charge in [0.1, 0.15) is 5.92 Å². The number of anilines is 1. The van der Waals surface area contributed by atoms with Gasteiger partial charge in [-0.15, -0.1) is 0 Å². The summed E-state index contributed by atoms with van der Waals surface area (Å²) in [5, 5.41) is 12.3. The van der Waals surface area contributed by atoms with Crippen LogP contribution < -0.4 is 10.2 Å². The Bertz CT molecular complexity index is 575. The fourth-order valence-electron chi connectivity index (χ4n) is 3.12. The van der Waals surface area contributed by atoms with E-state index in [0.717, 1.165) is 19.5 Å². The van der Waals surface area contributed by atoms with E-state index in [1.54, 1.807) is 17.0 Å². The first-order chi connectivity index (χ1) is 10.1. The van der Waals surface area contributed by atoms with Gasteiger partial charge in [-0.3, -0.25) is 9.69 Å². The van der Waals surface area contributed by atoms with Gasteiger partial charge in [0, 0.05) is 24.8 Å². The lowest BCUT2D eigenvalue weighted by Crippen LogP contribution is -2.45. The molecule has 2 aliphatic rings. The number of hydrogen-bond acceptors (Lipinski definition) is 3. The molecule has 6 heteroatoms. The molecule has 2 unspecified atom stereocenters. The SMILES string of the molecule is CN1CCC(NC(=O)N2CC(C(=O)O)c3ccccc32)C1. The van der Waals surface area contributed by atoms with Gasteiger partial charge in [0.15, 0.2) is 0 Å². The highest BCUT2D eigenvalue weighted by Gasteiger charge is 2.37. The van der Waals surface area contributed by atoms with E-state index >= 15 is 0 Å². The van der Waals surface area contributed by atoms with Gasteiger partial charge in [-0.05, 0) is 31.6 Å². The molecule has 2 aliphatic heterocycles. The number of urea groups is 1. The number of carbonyl (C=O) groups excluding carboxylic acids is 1. The molecule has 1 fully saturated rings. The molecule has 0 aliphatic carbocycles. The summed E-state index contributed by atoms with van der Waals surface area (Å²) in [4.78, 5) is 27.5. The summed E-state index contributed by atoms with van der Waals surface area (Å²) in [7, 11) is 2.03. The second-order valence-corrected chi connectivity index (χ2v) is 5.76. The lowest BCUT2D eigenvalue weighted by Gasteiger charge is -2.21. The van der Waals surface area contributed by atoms with Gasteiger partial charge in [-0.1, -0.05) is 18.2 Å². The van der Waals surface area contributed by atoms with E-state index in [1.807, 2.05) is 19.2 Å². The van der Waals surface area contributed by atoms with Gasteiger partial charge in [-0.2, -0.15) is 0 Å². The van der Waals surface area contributed by atoms with Crippen LogP contribution in [-0.4, -0.2) is 54.7 Å². The monoisotopic (exact) mass is 289 g/mol. The number of hydrogen-bond donors (Lipinski definition) is 2. The molecular weight excluding hydrogens is 270 g/mol. The Kier molecular flexibility index (Phi) is 3.55. The molecule has 3 rings (SSSR count). The Morgan fingerprint density at radius 1 is 1.29 bits per heavy atom. The third-order valence-electron chi connectivity index (χ3n) is 4.23. The number of likely N-dealkylation sites (N-methyl/N-ethyl adjacent to an activating group) is 1. The van der Waals surface area contributed by atoms with Crippen LogP contribution in [0.4, 0.5) is 10.5 Å². The van der Waals surface area contributed by atoms with E-state index in [2.05, 4.69) is 10.2 Å². The number of aliphatic carboxylic acids is 1. The smallest absolute Gasteiger partial charge is 0.322 e. The summed E-state index contributed by atoms with van der Waals surface area (Å²) in [6.45, 7) is 2.01. The number of carbonyl (C=O) groups is 2. The maximum absolute atomic E-state index is 12.4. The van der Waals surface area contributed by atoms with Crippen LogP contribution in [0.15, 0.2) is 24.3 Å². The van der Waals surface area contributed by atoms with Gasteiger partial charge >= 0.3 is 12.0 Å². The molecule has 1 saturated heterocycles. The normalized spacial score (nSPS) is 24.9. The van der Waals surface area contributed by atoms with E-state index in [-0.39, 0.29) is 18.6 Å². The Morgan fingerprint density at radius 3 is 2.71 bits per heavy atom. The van der Waals surface area contributed by atoms with Crippen molar-refractivity contribution in [3.8, 4) is 0 Å². The van der Waals surface area contributed by atoms with Crippen molar-refractivity contribution >= 4 is 17.7 Å². The number of benzene rings is 1. The van der Waals surface area contributed by atoms with Crippen molar-refractivity contribution in [3.63, 3.8) is 0 Å². The van der Waals surface area contributed by atoms with Crippen LogP contribution in [0.3, 0.4) is 0 Å². The van der Waals surface area contributed by atoms with E-state index in [1.165, 1.54) is 0 Å². The molecule has 6 nitrogen and oxygen atoms in total. The lowest BCUT2D eigenvalue weighted by atomic mass is 10.0. The molecule has 1 aromatic carbocycles. The zero-order chi connectivity index (χ0) is 15.0. The van der Waals surface area contributed by atoms with Crippen LogP contribution in [0.25, 0.3) is 0 Å². The molecule has 112 valence electrons. The molecule has 0 spiro atoms. The molecule has 2 N–H and O–H groups in total. The highest BCUT2D eigenvalue weighted by Crippen LogP contribution is 2.36. The molecule has 0 bridgehead atoms. The van der Waals surface area contributed by atoms with Crippen molar-refractivity contribution < 1.29 is 14.7 Å². The minimum Gasteiger partial charge on any atom is -0.481 e. The zero-order valence-electron chi connectivity index (χ0n) is 12.0. The predicted molar refractivity (Wildman–Crippen MR) is 78.6 cm³/mol. The van der Waals surface area contributed by atoms with E-state index < -0.39 is 11.9 Å². The van der Waals surface area contributed by atoms with Gasteiger partial charge in [0.25, 0.3) is 0 Å². The number of carboxylic acid groups (broad SMARTS) is 1. The molecule has 0 aromatic heterocycles. The third kappa shape index (κ3) is 2.58. The van der Waals surface area contributed by atoms with E-state index in [4.69, 9.17) is 0 Å². The van der Waals surface area contributed by atoms with Crippen LogP contribution in [0, 0.1) is 0 Å². The first-order valence-electron chi connectivity index (χ1n) is 7.14. The average Bonchev–Trinajstić information content (AvgIpc) is 3.02. The second-order valence-electron chi connectivity index (χ2n) is 5.76. The number of fused-ring (bicyclic) bond motifs is 1. The quantitative estimate of drug-likeness (QED) is 0.855. The molecule has 2 atom stereocenters. The van der Waals surface area contributed by atoms with Crippen LogP contribution in [0.2, 0.25) is 0 Å². The summed E-state index contributed by atoms with van der Waals surface area (Å²) in [5.74, 6) is -1.53. The van der Waals surface area contributed by atoms with Crippen LogP contribution in [0.1, 0.15) is 17.9 Å². The lowest BCUT2D eigenvalue weighted by molar-refractivity contribution is -0.138. The molecular formula is C15H19N3O3. The maximum Gasteiger partial charge on any atom is 0.322 e. The maximum atomic E-state index is 12.4. The van der Waals surface area contributed by atoms with Gasteiger partial charge in [0.2, 0.25) is 0 Å². The first kappa shape index (κ1) is 13.9. The van der Waals surface area contributed by atoms with Crippen molar-refractivity contribution in [1.29, 1.82) is 0 Å². The van der Waals surface area contributed by atoms with E-state index in [0.29, 0.717) is 11.3 Å². The number of nitrogens with one attached hydrogen (secondary N) is 1. The predicted octanol–water partition coefficient (Wildman–Crippen LogP) is 1.09. The highest BCUT2D eigenvalue weighted by atomic mass is 16.4. The number of para-hydroxylation sites is 1. The van der Waals surface area contributed by atoms with Crippen LogP contribution in [-0.2, 0) is 4.79 Å². The summed E-state index contributed by atoms with van der Waals surface area (Å²) >= 11 is 0. The topological polar surface area (TPSA) is 72.9 Å². The number of carboxylic acids is 1. The van der Waals surface area contributed by atoms with Crippen molar-refractivity contribution in [2.24, 2.45) is 0 Å². The molecule has 1 aromatic rings. The molecule has 2 heterocycles. The first-order valence-corrected chi connectivity index (χ1v) is 7.14. The summed E-state index contributed by atoms with van der Waals surface area (Å²) in [6.07, 6.45) is 0.931. The minimum atomic E-state index is -0.890. The number of nitrogens with zero attached hydrogens (tertiary/aromatic N) is 2. The zero-order valence-corrected chi connectivity index (χ0v) is 12.0. The molecule has 21 heavy (non-hydrogen) atoms. The van der Waals surface area contributed by atoms with Crippen molar-refractivity contribution in [2.45, 2.75) is 18.4 Å².